The highest BCUT2D eigenvalue weighted by molar-refractivity contribution is 7.10. The Morgan fingerprint density at radius 2 is 2.32 bits per heavy atom. The molecule has 0 aromatic carbocycles. The molecule has 0 aliphatic heterocycles. The Bertz CT molecular complexity index is 404. The number of nitrogens with zero attached hydrogens (tertiary/aromatic N) is 1. The van der Waals surface area contributed by atoms with Crippen molar-refractivity contribution in [3.05, 3.63) is 22.4 Å². The van der Waals surface area contributed by atoms with E-state index in [1.807, 2.05) is 0 Å². The number of nitrogens with one attached hydrogen (secondary N) is 2. The molecule has 0 spiro atoms. The summed E-state index contributed by atoms with van der Waals surface area (Å²) in [5, 5.41) is 8.40. The van der Waals surface area contributed by atoms with Gasteiger partial charge in [0.2, 0.25) is 0 Å². The first-order chi connectivity index (χ1) is 9.17. The summed E-state index contributed by atoms with van der Waals surface area (Å²) >= 11 is 1.75. The second kappa shape index (κ2) is 8.53. The molecule has 19 heavy (non-hydrogen) atoms. The molecule has 106 valence electrons. The molecule has 0 radical (unpaired) electrons. The van der Waals surface area contributed by atoms with Crippen LogP contribution in [0.5, 0.6) is 0 Å². The molecule has 1 rings (SSSR count). The third kappa shape index (κ3) is 5.74. The molecule has 0 fully saturated rings. The summed E-state index contributed by atoms with van der Waals surface area (Å²) in [6.45, 7) is 3.48. The summed E-state index contributed by atoms with van der Waals surface area (Å²) < 4.78 is 4.57. The maximum absolute atomic E-state index is 11.0. The lowest BCUT2D eigenvalue weighted by Gasteiger charge is -2.14. The number of aliphatic imine (C=N–C) groups is 1. The van der Waals surface area contributed by atoms with Gasteiger partial charge in [-0.2, -0.15) is 0 Å². The summed E-state index contributed by atoms with van der Waals surface area (Å²) in [7, 11) is 3.10. The van der Waals surface area contributed by atoms with E-state index >= 15 is 0 Å². The molecule has 0 amide bonds. The number of hydrogen-bond acceptors (Lipinski definition) is 4. The third-order valence-electron chi connectivity index (χ3n) is 2.68. The Balaban J connectivity index is 2.27. The fourth-order valence-electron chi connectivity index (χ4n) is 1.53. The number of ether oxygens (including phenoxy) is 1. The zero-order valence-corrected chi connectivity index (χ0v) is 12.4. The number of carbonyl (C=O) groups excluding carboxylic acids is 1. The topological polar surface area (TPSA) is 62.7 Å². The summed E-state index contributed by atoms with van der Waals surface area (Å²) in [5.74, 6) is 0.904. The minimum Gasteiger partial charge on any atom is -0.469 e. The first-order valence-corrected chi connectivity index (χ1v) is 7.10. The minimum absolute atomic E-state index is 0.227. The Kier molecular flexibility index (Phi) is 6.95. The van der Waals surface area contributed by atoms with Crippen LogP contribution in [0, 0.1) is 0 Å². The van der Waals surface area contributed by atoms with E-state index < -0.39 is 0 Å². The summed E-state index contributed by atoms with van der Waals surface area (Å²) in [5.41, 5.74) is 0. The second-order valence-electron chi connectivity index (χ2n) is 4.12. The van der Waals surface area contributed by atoms with Gasteiger partial charge < -0.3 is 15.4 Å². The van der Waals surface area contributed by atoms with Gasteiger partial charge in [-0.15, -0.1) is 11.3 Å². The van der Waals surface area contributed by atoms with Crippen molar-refractivity contribution in [1.29, 1.82) is 0 Å². The summed E-state index contributed by atoms with van der Waals surface area (Å²) in [6, 6.07) is 4.18. The van der Waals surface area contributed by atoms with Crippen molar-refractivity contribution >= 4 is 23.3 Å². The SMILES string of the molecule is CN=C(NCCC(=O)OC)NCC(C)c1cccs1. The minimum atomic E-state index is -0.227. The highest BCUT2D eigenvalue weighted by Gasteiger charge is 2.07. The van der Waals surface area contributed by atoms with Crippen molar-refractivity contribution in [2.45, 2.75) is 19.3 Å². The zero-order valence-electron chi connectivity index (χ0n) is 11.6. The summed E-state index contributed by atoms with van der Waals surface area (Å²) in [6.07, 6.45) is 0.331. The van der Waals surface area contributed by atoms with Gasteiger partial charge in [-0.05, 0) is 11.4 Å². The lowest BCUT2D eigenvalue weighted by molar-refractivity contribution is -0.140. The third-order valence-corrected chi connectivity index (χ3v) is 3.78. The molecular formula is C13H21N3O2S. The van der Waals surface area contributed by atoms with E-state index in [2.05, 4.69) is 44.8 Å². The Morgan fingerprint density at radius 3 is 2.89 bits per heavy atom. The number of guanidine groups is 1. The summed E-state index contributed by atoms with van der Waals surface area (Å²) in [4.78, 5) is 16.4. The van der Waals surface area contributed by atoms with Crippen molar-refractivity contribution in [2.24, 2.45) is 4.99 Å². The van der Waals surface area contributed by atoms with E-state index in [4.69, 9.17) is 0 Å². The van der Waals surface area contributed by atoms with Gasteiger partial charge in [0.1, 0.15) is 0 Å². The zero-order chi connectivity index (χ0) is 14.1. The van der Waals surface area contributed by atoms with Crippen LogP contribution in [0.25, 0.3) is 0 Å². The Hall–Kier alpha value is -1.56. The molecule has 0 bridgehead atoms. The smallest absolute Gasteiger partial charge is 0.307 e. The van der Waals surface area contributed by atoms with Gasteiger partial charge in [-0.1, -0.05) is 13.0 Å². The molecule has 1 aromatic heterocycles. The lowest BCUT2D eigenvalue weighted by atomic mass is 10.1. The predicted octanol–water partition coefficient (Wildman–Crippen LogP) is 1.58. The predicted molar refractivity (Wildman–Crippen MR) is 78.7 cm³/mol. The fraction of sp³-hybridized carbons (Fsp3) is 0.538. The Morgan fingerprint density at radius 1 is 1.53 bits per heavy atom. The van der Waals surface area contributed by atoms with Crippen LogP contribution >= 0.6 is 11.3 Å². The molecule has 5 nitrogen and oxygen atoms in total. The van der Waals surface area contributed by atoms with E-state index in [-0.39, 0.29) is 5.97 Å². The number of rotatable bonds is 6. The molecule has 6 heteroatoms. The standard InChI is InChI=1S/C13H21N3O2S/c1-10(11-5-4-8-19-11)9-16-13(14-2)15-7-6-12(17)18-3/h4-5,8,10H,6-7,9H2,1-3H3,(H2,14,15,16). The fourth-order valence-corrected chi connectivity index (χ4v) is 2.31. The van der Waals surface area contributed by atoms with Crippen molar-refractivity contribution in [1.82, 2.24) is 10.6 Å². The molecular weight excluding hydrogens is 262 g/mol. The Labute approximate surface area is 118 Å². The van der Waals surface area contributed by atoms with Crippen LogP contribution in [0.1, 0.15) is 24.1 Å². The quantitative estimate of drug-likeness (QED) is 0.473. The first kappa shape index (κ1) is 15.5. The molecule has 2 N–H and O–H groups in total. The van der Waals surface area contributed by atoms with Gasteiger partial charge in [0.15, 0.2) is 5.96 Å². The van der Waals surface area contributed by atoms with Gasteiger partial charge in [0.05, 0.1) is 13.5 Å². The first-order valence-electron chi connectivity index (χ1n) is 6.22. The van der Waals surface area contributed by atoms with Crippen molar-refractivity contribution < 1.29 is 9.53 Å². The molecule has 1 unspecified atom stereocenters. The molecule has 1 atom stereocenters. The highest BCUT2D eigenvalue weighted by atomic mass is 32.1. The number of esters is 1. The second-order valence-corrected chi connectivity index (χ2v) is 5.10. The van der Waals surface area contributed by atoms with Gasteiger partial charge in [0.25, 0.3) is 0 Å². The average Bonchev–Trinajstić information content (AvgIpc) is 2.96. The van der Waals surface area contributed by atoms with Crippen molar-refractivity contribution in [3.63, 3.8) is 0 Å². The monoisotopic (exact) mass is 283 g/mol. The molecule has 0 saturated carbocycles. The van der Waals surface area contributed by atoms with E-state index in [1.165, 1.54) is 12.0 Å². The number of hydrogen-bond donors (Lipinski definition) is 2. The number of thiophene rings is 1. The average molecular weight is 283 g/mol. The van der Waals surface area contributed by atoms with Crippen LogP contribution in [0.15, 0.2) is 22.5 Å². The van der Waals surface area contributed by atoms with Crippen LogP contribution in [0.4, 0.5) is 0 Å². The largest absolute Gasteiger partial charge is 0.469 e. The van der Waals surface area contributed by atoms with Gasteiger partial charge >= 0.3 is 5.97 Å². The van der Waals surface area contributed by atoms with Gasteiger partial charge in [0, 0.05) is 30.9 Å². The molecule has 0 saturated heterocycles. The van der Waals surface area contributed by atoms with Crippen molar-refractivity contribution in [3.8, 4) is 0 Å². The van der Waals surface area contributed by atoms with E-state index in [9.17, 15) is 4.79 Å². The van der Waals surface area contributed by atoms with E-state index in [0.29, 0.717) is 24.8 Å². The van der Waals surface area contributed by atoms with Crippen LogP contribution in [-0.4, -0.2) is 39.2 Å². The van der Waals surface area contributed by atoms with E-state index in [0.717, 1.165) is 6.54 Å². The van der Waals surface area contributed by atoms with Crippen LogP contribution in [-0.2, 0) is 9.53 Å². The number of methoxy groups -OCH3 is 1. The molecule has 0 aliphatic carbocycles. The van der Waals surface area contributed by atoms with Gasteiger partial charge in [-0.25, -0.2) is 0 Å². The van der Waals surface area contributed by atoms with Crippen LogP contribution in [0.2, 0.25) is 0 Å². The normalized spacial score (nSPS) is 12.9. The molecule has 1 aromatic rings. The molecule has 0 aliphatic rings. The molecule has 1 heterocycles. The van der Waals surface area contributed by atoms with Gasteiger partial charge in [-0.3, -0.25) is 9.79 Å². The van der Waals surface area contributed by atoms with Crippen molar-refractivity contribution in [2.75, 3.05) is 27.2 Å². The van der Waals surface area contributed by atoms with Crippen LogP contribution in [0.3, 0.4) is 0 Å². The maximum atomic E-state index is 11.0. The lowest BCUT2D eigenvalue weighted by Crippen LogP contribution is -2.39. The number of carbonyl (C=O) groups is 1. The highest BCUT2D eigenvalue weighted by Crippen LogP contribution is 2.19. The van der Waals surface area contributed by atoms with E-state index in [1.54, 1.807) is 18.4 Å². The van der Waals surface area contributed by atoms with Crippen LogP contribution < -0.4 is 10.6 Å². The maximum Gasteiger partial charge on any atom is 0.307 e.